The smallest absolute Gasteiger partial charge is 0.340 e. The molecule has 3 aromatic rings. The molecule has 120 valence electrons. The predicted octanol–water partition coefficient (Wildman–Crippen LogP) is 4.44. The van der Waals surface area contributed by atoms with Crippen molar-refractivity contribution >= 4 is 22.4 Å². The molecule has 0 aromatic heterocycles. The van der Waals surface area contributed by atoms with Crippen LogP contribution in [-0.4, -0.2) is 5.97 Å². The van der Waals surface area contributed by atoms with Gasteiger partial charge >= 0.3 is 5.97 Å². The second-order valence-electron chi connectivity index (χ2n) is 6.29. The number of hydrogen-bond acceptors (Lipinski definition) is 3. The number of nitrogens with two attached hydrogens (primary N) is 1. The lowest BCUT2D eigenvalue weighted by atomic mass is 9.97. The first-order valence-electron chi connectivity index (χ1n) is 8.24. The Morgan fingerprint density at radius 1 is 1.00 bits per heavy atom. The Bertz CT molecular complexity index is 935. The summed E-state index contributed by atoms with van der Waals surface area (Å²) in [7, 11) is 0. The van der Waals surface area contributed by atoms with Crippen molar-refractivity contribution in [3.05, 3.63) is 76.9 Å². The van der Waals surface area contributed by atoms with E-state index >= 15 is 0 Å². The zero-order valence-corrected chi connectivity index (χ0v) is 13.6. The molecule has 2 N–H and O–H groups in total. The normalized spacial score (nSPS) is 13.9. The lowest BCUT2D eigenvalue weighted by Crippen LogP contribution is -2.11. The van der Waals surface area contributed by atoms with Crippen LogP contribution >= 0.6 is 0 Å². The summed E-state index contributed by atoms with van der Waals surface area (Å²) in [6.07, 6.45) is 1.84. The van der Waals surface area contributed by atoms with E-state index < -0.39 is 0 Å². The molecule has 0 saturated carbocycles. The fourth-order valence-corrected chi connectivity index (χ4v) is 3.59. The molecule has 24 heavy (non-hydrogen) atoms. The molecule has 0 amide bonds. The lowest BCUT2D eigenvalue weighted by Gasteiger charge is -2.17. The van der Waals surface area contributed by atoms with E-state index in [1.807, 2.05) is 6.92 Å². The summed E-state index contributed by atoms with van der Waals surface area (Å²) >= 11 is 0. The van der Waals surface area contributed by atoms with Crippen LogP contribution in [0.5, 0.6) is 0 Å². The number of hydrogen-bond donors (Lipinski definition) is 1. The van der Waals surface area contributed by atoms with Gasteiger partial charge in [-0.15, -0.1) is 0 Å². The van der Waals surface area contributed by atoms with E-state index in [1.165, 1.54) is 21.9 Å². The minimum Gasteiger partial charge on any atom is -0.454 e. The fourth-order valence-electron chi connectivity index (χ4n) is 3.59. The first kappa shape index (κ1) is 14.8. The quantitative estimate of drug-likeness (QED) is 0.574. The number of nitrogen functional groups attached to an aromatic ring is 1. The molecule has 0 bridgehead atoms. The summed E-state index contributed by atoms with van der Waals surface area (Å²) in [5, 5.41) is 2.51. The minimum absolute atomic E-state index is 0.331. The van der Waals surface area contributed by atoms with Crippen molar-refractivity contribution in [2.45, 2.75) is 25.9 Å². The SMILES string of the molecule is C[C@@H](OC(=O)c1ccccc1N)c1ccc2c3c(cccc13)CC2. The van der Waals surface area contributed by atoms with Crippen molar-refractivity contribution in [3.8, 4) is 0 Å². The maximum absolute atomic E-state index is 12.4. The van der Waals surface area contributed by atoms with E-state index in [-0.39, 0.29) is 12.1 Å². The van der Waals surface area contributed by atoms with E-state index in [9.17, 15) is 4.79 Å². The average molecular weight is 317 g/mol. The molecular weight excluding hydrogens is 298 g/mol. The van der Waals surface area contributed by atoms with Crippen LogP contribution in [0, 0.1) is 0 Å². The lowest BCUT2D eigenvalue weighted by molar-refractivity contribution is 0.0342. The van der Waals surface area contributed by atoms with Gasteiger partial charge in [-0.3, -0.25) is 0 Å². The number of aryl methyl sites for hydroxylation is 2. The van der Waals surface area contributed by atoms with Gasteiger partial charge in [0.25, 0.3) is 0 Å². The average Bonchev–Trinajstić information content (AvgIpc) is 3.00. The molecule has 0 aliphatic heterocycles. The van der Waals surface area contributed by atoms with Gasteiger partial charge in [-0.1, -0.05) is 42.5 Å². The van der Waals surface area contributed by atoms with Gasteiger partial charge in [-0.25, -0.2) is 4.79 Å². The van der Waals surface area contributed by atoms with Crippen molar-refractivity contribution in [3.63, 3.8) is 0 Å². The predicted molar refractivity (Wildman–Crippen MR) is 96.0 cm³/mol. The van der Waals surface area contributed by atoms with Crippen LogP contribution in [0.4, 0.5) is 5.69 Å². The maximum atomic E-state index is 12.4. The largest absolute Gasteiger partial charge is 0.454 e. The highest BCUT2D eigenvalue weighted by molar-refractivity contribution is 5.96. The van der Waals surface area contributed by atoms with Crippen LogP contribution in [0.25, 0.3) is 10.8 Å². The molecule has 1 aliphatic carbocycles. The van der Waals surface area contributed by atoms with Crippen LogP contribution in [0.3, 0.4) is 0 Å². The maximum Gasteiger partial charge on any atom is 0.340 e. The third-order valence-electron chi connectivity index (χ3n) is 4.81. The molecule has 0 saturated heterocycles. The molecule has 0 unspecified atom stereocenters. The van der Waals surface area contributed by atoms with Gasteiger partial charge in [-0.2, -0.15) is 0 Å². The number of rotatable bonds is 3. The number of carbonyl (C=O) groups is 1. The Labute approximate surface area is 141 Å². The summed E-state index contributed by atoms with van der Waals surface area (Å²) in [6, 6.07) is 17.6. The van der Waals surface area contributed by atoms with Crippen molar-refractivity contribution in [2.75, 3.05) is 5.73 Å². The highest BCUT2D eigenvalue weighted by Crippen LogP contribution is 2.36. The van der Waals surface area contributed by atoms with Crippen molar-refractivity contribution < 1.29 is 9.53 Å². The molecule has 0 heterocycles. The van der Waals surface area contributed by atoms with E-state index in [4.69, 9.17) is 10.5 Å². The van der Waals surface area contributed by atoms with E-state index in [2.05, 4.69) is 30.3 Å². The Kier molecular flexibility index (Phi) is 3.49. The molecule has 3 nitrogen and oxygen atoms in total. The molecule has 0 fully saturated rings. The monoisotopic (exact) mass is 317 g/mol. The summed E-state index contributed by atoms with van der Waals surface area (Å²) in [5.74, 6) is -0.385. The highest BCUT2D eigenvalue weighted by Gasteiger charge is 2.21. The molecule has 0 spiro atoms. The zero-order valence-electron chi connectivity index (χ0n) is 13.6. The van der Waals surface area contributed by atoms with E-state index in [0.717, 1.165) is 18.4 Å². The van der Waals surface area contributed by atoms with E-state index in [0.29, 0.717) is 11.3 Å². The zero-order chi connectivity index (χ0) is 16.7. The molecule has 4 rings (SSSR count). The Balaban J connectivity index is 1.69. The van der Waals surface area contributed by atoms with Gasteiger partial charge in [0.15, 0.2) is 0 Å². The number of carbonyl (C=O) groups excluding carboxylic acids is 1. The third-order valence-corrected chi connectivity index (χ3v) is 4.81. The number of para-hydroxylation sites is 1. The molecular formula is C21H19NO2. The molecule has 1 atom stereocenters. The van der Waals surface area contributed by atoms with Crippen LogP contribution in [0.1, 0.15) is 40.1 Å². The number of benzene rings is 3. The van der Waals surface area contributed by atoms with Gasteiger partial charge in [-0.05, 0) is 53.8 Å². The first-order valence-corrected chi connectivity index (χ1v) is 8.24. The van der Waals surface area contributed by atoms with Crippen LogP contribution < -0.4 is 5.73 Å². The van der Waals surface area contributed by atoms with Crippen molar-refractivity contribution in [1.29, 1.82) is 0 Å². The van der Waals surface area contributed by atoms with Crippen LogP contribution in [-0.2, 0) is 17.6 Å². The van der Waals surface area contributed by atoms with Gasteiger partial charge < -0.3 is 10.5 Å². The summed E-state index contributed by atoms with van der Waals surface area (Å²) in [6.45, 7) is 1.91. The molecule has 0 radical (unpaired) electrons. The Hall–Kier alpha value is -2.81. The van der Waals surface area contributed by atoms with Crippen LogP contribution in [0.15, 0.2) is 54.6 Å². The molecule has 3 heteroatoms. The standard InChI is InChI=1S/C21H19NO2/c1-13(24-21(23)18-6-2-3-8-19(18)22)16-12-11-15-10-9-14-5-4-7-17(16)20(14)15/h2-8,11-13H,9-10,22H2,1H3/t13-/m1/s1. The third kappa shape index (κ3) is 2.33. The number of anilines is 1. The fraction of sp³-hybridized carbons (Fsp3) is 0.190. The Morgan fingerprint density at radius 3 is 2.54 bits per heavy atom. The van der Waals surface area contributed by atoms with E-state index in [1.54, 1.807) is 24.3 Å². The summed E-state index contributed by atoms with van der Waals surface area (Å²) in [5.41, 5.74) is 10.5. The van der Waals surface area contributed by atoms with Gasteiger partial charge in [0.1, 0.15) is 6.10 Å². The first-order chi connectivity index (χ1) is 11.6. The highest BCUT2D eigenvalue weighted by atomic mass is 16.5. The second kappa shape index (κ2) is 5.68. The van der Waals surface area contributed by atoms with Crippen molar-refractivity contribution in [1.82, 2.24) is 0 Å². The van der Waals surface area contributed by atoms with Gasteiger partial charge in [0.05, 0.1) is 5.56 Å². The van der Waals surface area contributed by atoms with Crippen molar-refractivity contribution in [2.24, 2.45) is 0 Å². The topological polar surface area (TPSA) is 52.3 Å². The Morgan fingerprint density at radius 2 is 1.75 bits per heavy atom. The van der Waals surface area contributed by atoms with Gasteiger partial charge in [0, 0.05) is 11.3 Å². The second-order valence-corrected chi connectivity index (χ2v) is 6.29. The molecule has 3 aromatic carbocycles. The van der Waals surface area contributed by atoms with Gasteiger partial charge in [0.2, 0.25) is 0 Å². The number of esters is 1. The van der Waals surface area contributed by atoms with Crippen LogP contribution in [0.2, 0.25) is 0 Å². The summed E-state index contributed by atoms with van der Waals surface area (Å²) < 4.78 is 5.69. The number of ether oxygens (including phenoxy) is 1. The summed E-state index contributed by atoms with van der Waals surface area (Å²) in [4.78, 5) is 12.4. The minimum atomic E-state index is -0.385. The molecule has 1 aliphatic rings.